The fourth-order valence-corrected chi connectivity index (χ4v) is 1.73. The molecule has 0 radical (unpaired) electrons. The van der Waals surface area contributed by atoms with E-state index in [1.807, 2.05) is 36.3 Å². The minimum absolute atomic E-state index is 0.287. The Labute approximate surface area is 83.9 Å². The van der Waals surface area contributed by atoms with Crippen LogP contribution in [0.3, 0.4) is 0 Å². The molecule has 1 aromatic heterocycles. The average molecular weight is 196 g/mol. The summed E-state index contributed by atoms with van der Waals surface area (Å²) in [5, 5.41) is 0. The molecule has 72 valence electrons. The Morgan fingerprint density at radius 1 is 1.46 bits per heavy atom. The van der Waals surface area contributed by atoms with Crippen LogP contribution < -0.4 is 5.73 Å². The van der Waals surface area contributed by atoms with Gasteiger partial charge in [0.05, 0.1) is 0 Å². The molecule has 13 heavy (non-hydrogen) atoms. The lowest BCUT2D eigenvalue weighted by Gasteiger charge is -2.09. The van der Waals surface area contributed by atoms with Crippen LogP contribution in [0.5, 0.6) is 0 Å². The highest BCUT2D eigenvalue weighted by molar-refractivity contribution is 7.98. The standard InChI is InChI=1S/C10H16N2S/c1-13-7-4-10(11)8-9-2-5-12-6-3-9/h2-3,5-6,10H,4,7-8,11H2,1H3. The zero-order valence-electron chi connectivity index (χ0n) is 7.94. The number of thioether (sulfide) groups is 1. The fraction of sp³-hybridized carbons (Fsp3) is 0.500. The second-order valence-corrected chi connectivity index (χ2v) is 4.09. The quantitative estimate of drug-likeness (QED) is 0.779. The van der Waals surface area contributed by atoms with Crippen molar-refractivity contribution in [2.45, 2.75) is 18.9 Å². The highest BCUT2D eigenvalue weighted by Gasteiger charge is 2.02. The third-order valence-electron chi connectivity index (χ3n) is 1.94. The van der Waals surface area contributed by atoms with Crippen molar-refractivity contribution in [1.29, 1.82) is 0 Å². The maximum Gasteiger partial charge on any atom is 0.0270 e. The molecule has 0 fully saturated rings. The van der Waals surface area contributed by atoms with Gasteiger partial charge in [0.25, 0.3) is 0 Å². The van der Waals surface area contributed by atoms with Crippen molar-refractivity contribution >= 4 is 11.8 Å². The molecule has 0 aliphatic rings. The SMILES string of the molecule is CSCCC(N)Cc1ccncc1. The van der Waals surface area contributed by atoms with Crippen LogP contribution in [-0.4, -0.2) is 23.0 Å². The van der Waals surface area contributed by atoms with E-state index in [1.165, 1.54) is 5.56 Å². The zero-order valence-corrected chi connectivity index (χ0v) is 8.76. The van der Waals surface area contributed by atoms with Crippen molar-refractivity contribution < 1.29 is 0 Å². The molecule has 2 nitrogen and oxygen atoms in total. The highest BCUT2D eigenvalue weighted by Crippen LogP contribution is 2.05. The van der Waals surface area contributed by atoms with Crippen molar-refractivity contribution in [3.8, 4) is 0 Å². The van der Waals surface area contributed by atoms with Crippen molar-refractivity contribution in [3.05, 3.63) is 30.1 Å². The van der Waals surface area contributed by atoms with Gasteiger partial charge in [-0.1, -0.05) is 0 Å². The van der Waals surface area contributed by atoms with Gasteiger partial charge in [-0.2, -0.15) is 11.8 Å². The number of aromatic nitrogens is 1. The first-order valence-corrected chi connectivity index (χ1v) is 5.85. The normalized spacial score (nSPS) is 12.8. The first kappa shape index (κ1) is 10.5. The van der Waals surface area contributed by atoms with E-state index in [0.29, 0.717) is 0 Å². The highest BCUT2D eigenvalue weighted by atomic mass is 32.2. The van der Waals surface area contributed by atoms with Crippen molar-refractivity contribution in [1.82, 2.24) is 4.98 Å². The maximum atomic E-state index is 5.96. The smallest absolute Gasteiger partial charge is 0.0270 e. The molecule has 1 rings (SSSR count). The predicted octanol–water partition coefficient (Wildman–Crippen LogP) is 1.70. The van der Waals surface area contributed by atoms with Gasteiger partial charge in [0, 0.05) is 18.4 Å². The first-order chi connectivity index (χ1) is 6.33. The van der Waals surface area contributed by atoms with Crippen molar-refractivity contribution in [2.75, 3.05) is 12.0 Å². The average Bonchev–Trinajstić information content (AvgIpc) is 2.16. The lowest BCUT2D eigenvalue weighted by Crippen LogP contribution is -2.23. The minimum Gasteiger partial charge on any atom is -0.327 e. The van der Waals surface area contributed by atoms with E-state index >= 15 is 0 Å². The molecule has 1 unspecified atom stereocenters. The molecule has 0 aromatic carbocycles. The zero-order chi connectivity index (χ0) is 9.52. The van der Waals surface area contributed by atoms with Gasteiger partial charge in [0.1, 0.15) is 0 Å². The van der Waals surface area contributed by atoms with Gasteiger partial charge < -0.3 is 5.73 Å². The molecule has 0 aliphatic carbocycles. The molecule has 0 saturated carbocycles. The van der Waals surface area contributed by atoms with Crippen molar-refractivity contribution in [3.63, 3.8) is 0 Å². The van der Waals surface area contributed by atoms with Gasteiger partial charge in [-0.25, -0.2) is 0 Å². The fourth-order valence-electron chi connectivity index (χ4n) is 1.19. The number of pyridine rings is 1. The van der Waals surface area contributed by atoms with E-state index in [0.717, 1.165) is 18.6 Å². The summed E-state index contributed by atoms with van der Waals surface area (Å²) >= 11 is 1.85. The monoisotopic (exact) mass is 196 g/mol. The topological polar surface area (TPSA) is 38.9 Å². The number of nitrogens with zero attached hydrogens (tertiary/aromatic N) is 1. The Morgan fingerprint density at radius 2 is 2.15 bits per heavy atom. The van der Waals surface area contributed by atoms with Gasteiger partial charge in [-0.3, -0.25) is 4.98 Å². The summed E-state index contributed by atoms with van der Waals surface area (Å²) in [6, 6.07) is 4.34. The lowest BCUT2D eigenvalue weighted by molar-refractivity contribution is 0.651. The molecule has 2 N–H and O–H groups in total. The van der Waals surface area contributed by atoms with Crippen LogP contribution in [0.2, 0.25) is 0 Å². The van der Waals surface area contributed by atoms with E-state index in [1.54, 1.807) is 0 Å². The van der Waals surface area contributed by atoms with Crippen LogP contribution in [0, 0.1) is 0 Å². The van der Waals surface area contributed by atoms with E-state index in [-0.39, 0.29) is 6.04 Å². The predicted molar refractivity (Wildman–Crippen MR) is 58.9 cm³/mol. The number of rotatable bonds is 5. The first-order valence-electron chi connectivity index (χ1n) is 4.46. The Morgan fingerprint density at radius 3 is 2.77 bits per heavy atom. The second kappa shape index (κ2) is 6.00. The van der Waals surface area contributed by atoms with Gasteiger partial charge in [0.15, 0.2) is 0 Å². The number of nitrogens with two attached hydrogens (primary N) is 1. The van der Waals surface area contributed by atoms with Gasteiger partial charge in [-0.15, -0.1) is 0 Å². The summed E-state index contributed by atoms with van der Waals surface area (Å²) in [4.78, 5) is 3.97. The number of hydrogen-bond donors (Lipinski definition) is 1. The molecule has 0 saturated heterocycles. The Balaban J connectivity index is 2.32. The Bertz CT molecular complexity index is 226. The molecule has 1 atom stereocenters. The molecule has 1 aromatic rings. The largest absolute Gasteiger partial charge is 0.327 e. The summed E-state index contributed by atoms with van der Waals surface area (Å²) in [6.07, 6.45) is 7.79. The van der Waals surface area contributed by atoms with Crippen LogP contribution in [-0.2, 0) is 6.42 Å². The van der Waals surface area contributed by atoms with Gasteiger partial charge in [-0.05, 0) is 42.5 Å². The van der Waals surface area contributed by atoms with E-state index < -0.39 is 0 Å². The van der Waals surface area contributed by atoms with Crippen LogP contribution in [0.1, 0.15) is 12.0 Å². The molecule has 0 amide bonds. The lowest BCUT2D eigenvalue weighted by atomic mass is 10.1. The summed E-state index contributed by atoms with van der Waals surface area (Å²) in [7, 11) is 0. The minimum atomic E-state index is 0.287. The van der Waals surface area contributed by atoms with Gasteiger partial charge in [0.2, 0.25) is 0 Å². The van der Waals surface area contributed by atoms with Crippen LogP contribution in [0.25, 0.3) is 0 Å². The molecular formula is C10H16N2S. The molecule has 0 bridgehead atoms. The second-order valence-electron chi connectivity index (χ2n) is 3.10. The third-order valence-corrected chi connectivity index (χ3v) is 2.58. The molecular weight excluding hydrogens is 180 g/mol. The third kappa shape index (κ3) is 4.29. The molecule has 0 spiro atoms. The number of hydrogen-bond acceptors (Lipinski definition) is 3. The van der Waals surface area contributed by atoms with E-state index in [2.05, 4.69) is 11.2 Å². The van der Waals surface area contributed by atoms with Crippen LogP contribution >= 0.6 is 11.8 Å². The van der Waals surface area contributed by atoms with Crippen molar-refractivity contribution in [2.24, 2.45) is 5.73 Å². The Hall–Kier alpha value is -0.540. The Kier molecular flexibility index (Phi) is 4.86. The van der Waals surface area contributed by atoms with Crippen LogP contribution in [0.4, 0.5) is 0 Å². The summed E-state index contributed by atoms with van der Waals surface area (Å²) in [5.74, 6) is 1.15. The van der Waals surface area contributed by atoms with E-state index in [9.17, 15) is 0 Å². The van der Waals surface area contributed by atoms with Crippen LogP contribution in [0.15, 0.2) is 24.5 Å². The summed E-state index contributed by atoms with van der Waals surface area (Å²) < 4.78 is 0. The summed E-state index contributed by atoms with van der Waals surface area (Å²) in [6.45, 7) is 0. The van der Waals surface area contributed by atoms with Gasteiger partial charge >= 0.3 is 0 Å². The molecule has 1 heterocycles. The molecule has 0 aliphatic heterocycles. The van der Waals surface area contributed by atoms with E-state index in [4.69, 9.17) is 5.73 Å². The maximum absolute atomic E-state index is 5.96. The molecule has 3 heteroatoms. The summed E-state index contributed by atoms with van der Waals surface area (Å²) in [5.41, 5.74) is 7.24.